The van der Waals surface area contributed by atoms with E-state index >= 15 is 0 Å². The molecule has 3 aromatic rings. The van der Waals surface area contributed by atoms with E-state index in [-0.39, 0.29) is 30.1 Å². The number of carbonyl (C=O) groups is 3. The molecule has 1 saturated heterocycles. The number of nitrogens with one attached hydrogen (secondary N) is 2. The van der Waals surface area contributed by atoms with E-state index in [2.05, 4.69) is 17.2 Å². The molecule has 0 aromatic heterocycles. The Hall–Kier alpha value is -4.19. The summed E-state index contributed by atoms with van der Waals surface area (Å²) in [7, 11) is 0. The highest BCUT2D eigenvalue weighted by Gasteiger charge is 2.55. The molecule has 1 saturated carbocycles. The smallest absolute Gasteiger partial charge is 0.313 e. The highest BCUT2D eigenvalue weighted by molar-refractivity contribution is 5.94. The second-order valence-electron chi connectivity index (χ2n) is 10.1. The molecular weight excluding hydrogens is 464 g/mol. The number of fused-ring (bicyclic) bond motifs is 1. The number of amides is 2. The van der Waals surface area contributed by atoms with Crippen molar-refractivity contribution in [3.05, 3.63) is 108 Å². The topological polar surface area (TPSA) is 84.5 Å². The molecule has 2 aliphatic rings. The van der Waals surface area contributed by atoms with E-state index in [0.717, 1.165) is 28.7 Å². The van der Waals surface area contributed by atoms with Gasteiger partial charge < -0.3 is 15.4 Å². The summed E-state index contributed by atoms with van der Waals surface area (Å²) in [6.07, 6.45) is 2.62. The van der Waals surface area contributed by atoms with Crippen LogP contribution in [0, 0.1) is 11.3 Å². The average Bonchev–Trinajstić information content (AvgIpc) is 3.34. The molecule has 2 atom stereocenters. The zero-order valence-corrected chi connectivity index (χ0v) is 20.7. The summed E-state index contributed by atoms with van der Waals surface area (Å²) in [5, 5.41) is 5.83. The Labute approximate surface area is 216 Å². The van der Waals surface area contributed by atoms with Gasteiger partial charge >= 0.3 is 5.97 Å². The number of anilines is 2. The Morgan fingerprint density at radius 1 is 0.838 bits per heavy atom. The van der Waals surface area contributed by atoms with Gasteiger partial charge in [-0.25, -0.2) is 0 Å². The SMILES string of the molecule is C=C1CC2COC(=O)C2(Cc2ccc(NC(=O)Cc3cccc(NC(=O)Cc4ccccc4)c3)cc2)C1. The van der Waals surface area contributed by atoms with Gasteiger partial charge in [0, 0.05) is 17.3 Å². The van der Waals surface area contributed by atoms with Gasteiger partial charge in [0.25, 0.3) is 0 Å². The van der Waals surface area contributed by atoms with Gasteiger partial charge in [0.15, 0.2) is 0 Å². The quantitative estimate of drug-likeness (QED) is 0.337. The second-order valence-corrected chi connectivity index (χ2v) is 10.1. The second kappa shape index (κ2) is 10.4. The van der Waals surface area contributed by atoms with Crippen LogP contribution >= 0.6 is 0 Å². The maximum Gasteiger partial charge on any atom is 0.313 e. The van der Waals surface area contributed by atoms with Crippen molar-refractivity contribution in [3.63, 3.8) is 0 Å². The van der Waals surface area contributed by atoms with Gasteiger partial charge in [-0.05, 0) is 60.2 Å². The molecule has 3 aromatic carbocycles. The van der Waals surface area contributed by atoms with E-state index in [0.29, 0.717) is 37.2 Å². The Kier molecular flexibility index (Phi) is 6.91. The molecule has 37 heavy (non-hydrogen) atoms. The fraction of sp³-hybridized carbons (Fsp3) is 0.258. The summed E-state index contributed by atoms with van der Waals surface area (Å²) in [6.45, 7) is 4.58. The van der Waals surface area contributed by atoms with Crippen LogP contribution in [0.4, 0.5) is 11.4 Å². The van der Waals surface area contributed by atoms with Crippen molar-refractivity contribution in [3.8, 4) is 0 Å². The molecule has 2 unspecified atom stereocenters. The summed E-state index contributed by atoms with van der Waals surface area (Å²) in [4.78, 5) is 37.6. The summed E-state index contributed by atoms with van der Waals surface area (Å²) in [5.74, 6) is -0.171. The predicted molar refractivity (Wildman–Crippen MR) is 143 cm³/mol. The van der Waals surface area contributed by atoms with Crippen LogP contribution in [0.3, 0.4) is 0 Å². The average molecular weight is 495 g/mol. The minimum atomic E-state index is -0.497. The van der Waals surface area contributed by atoms with Gasteiger partial charge in [-0.3, -0.25) is 14.4 Å². The minimum absolute atomic E-state index is 0.105. The first-order valence-corrected chi connectivity index (χ1v) is 12.5. The van der Waals surface area contributed by atoms with Crippen LogP contribution in [-0.2, 0) is 38.4 Å². The predicted octanol–water partition coefficient (Wildman–Crippen LogP) is 5.10. The van der Waals surface area contributed by atoms with Crippen LogP contribution in [0.15, 0.2) is 91.0 Å². The molecule has 2 fully saturated rings. The first-order chi connectivity index (χ1) is 17.9. The van der Waals surface area contributed by atoms with E-state index in [1.807, 2.05) is 78.9 Å². The summed E-state index contributed by atoms with van der Waals surface area (Å²) in [5.41, 5.74) is 4.76. The Morgan fingerprint density at radius 3 is 2.27 bits per heavy atom. The van der Waals surface area contributed by atoms with E-state index in [1.165, 1.54) is 0 Å². The molecule has 1 aliphatic carbocycles. The molecule has 1 heterocycles. The molecule has 0 bridgehead atoms. The highest BCUT2D eigenvalue weighted by atomic mass is 16.5. The fourth-order valence-electron chi connectivity index (χ4n) is 5.47. The number of ether oxygens (including phenoxy) is 1. The molecular formula is C31H30N2O4. The lowest BCUT2D eigenvalue weighted by Crippen LogP contribution is -2.31. The molecule has 6 nitrogen and oxygen atoms in total. The monoisotopic (exact) mass is 494 g/mol. The van der Waals surface area contributed by atoms with Crippen LogP contribution in [0.25, 0.3) is 0 Å². The first kappa shape index (κ1) is 24.5. The van der Waals surface area contributed by atoms with Gasteiger partial charge in [-0.15, -0.1) is 0 Å². The maximum absolute atomic E-state index is 12.7. The summed E-state index contributed by atoms with van der Waals surface area (Å²) < 4.78 is 5.37. The minimum Gasteiger partial charge on any atom is -0.465 e. The zero-order chi connectivity index (χ0) is 25.8. The maximum atomic E-state index is 12.7. The summed E-state index contributed by atoms with van der Waals surface area (Å²) in [6, 6.07) is 24.5. The first-order valence-electron chi connectivity index (χ1n) is 12.5. The molecule has 2 amide bonds. The van der Waals surface area contributed by atoms with Gasteiger partial charge in [0.1, 0.15) is 0 Å². The number of benzene rings is 3. The number of allylic oxidation sites excluding steroid dienone is 1. The largest absolute Gasteiger partial charge is 0.465 e. The number of hydrogen-bond donors (Lipinski definition) is 2. The van der Waals surface area contributed by atoms with Crippen LogP contribution < -0.4 is 10.6 Å². The third-order valence-electron chi connectivity index (χ3n) is 7.24. The number of carbonyl (C=O) groups excluding carboxylic acids is 3. The van der Waals surface area contributed by atoms with Crippen molar-refractivity contribution >= 4 is 29.2 Å². The van der Waals surface area contributed by atoms with E-state index in [1.54, 1.807) is 0 Å². The van der Waals surface area contributed by atoms with E-state index in [9.17, 15) is 14.4 Å². The fourth-order valence-corrected chi connectivity index (χ4v) is 5.47. The molecule has 1 aliphatic heterocycles. The Balaban J connectivity index is 1.16. The highest BCUT2D eigenvalue weighted by Crippen LogP contribution is 2.52. The van der Waals surface area contributed by atoms with Gasteiger partial charge in [-0.1, -0.05) is 66.7 Å². The number of hydrogen-bond acceptors (Lipinski definition) is 4. The lowest BCUT2D eigenvalue weighted by molar-refractivity contribution is -0.146. The summed E-state index contributed by atoms with van der Waals surface area (Å²) >= 11 is 0. The third-order valence-corrected chi connectivity index (χ3v) is 7.24. The number of esters is 1. The van der Waals surface area contributed by atoms with Crippen molar-refractivity contribution in [1.82, 2.24) is 0 Å². The normalized spacial score (nSPS) is 20.3. The van der Waals surface area contributed by atoms with Gasteiger partial charge in [-0.2, -0.15) is 0 Å². The molecule has 6 heteroatoms. The van der Waals surface area contributed by atoms with Crippen LogP contribution in [0.5, 0.6) is 0 Å². The molecule has 0 radical (unpaired) electrons. The lowest BCUT2D eigenvalue weighted by atomic mass is 9.75. The van der Waals surface area contributed by atoms with Crippen molar-refractivity contribution in [1.29, 1.82) is 0 Å². The van der Waals surface area contributed by atoms with Crippen molar-refractivity contribution in [2.24, 2.45) is 11.3 Å². The van der Waals surface area contributed by atoms with Gasteiger partial charge in [0.2, 0.25) is 11.8 Å². The molecule has 2 N–H and O–H groups in total. The van der Waals surface area contributed by atoms with Crippen LogP contribution in [-0.4, -0.2) is 24.4 Å². The molecule has 188 valence electrons. The van der Waals surface area contributed by atoms with Crippen LogP contribution in [0.2, 0.25) is 0 Å². The number of rotatable bonds is 8. The van der Waals surface area contributed by atoms with Gasteiger partial charge in [0.05, 0.1) is 24.9 Å². The standard InChI is InChI=1S/C31H30N2O4/c1-21-14-25-20-37-30(36)31(25,18-21)19-23-10-12-26(13-11-23)32-29(35)17-24-8-5-9-27(15-24)33-28(34)16-22-6-3-2-4-7-22/h2-13,15,25H,1,14,16-20H2,(H,32,35)(H,33,34). The van der Waals surface area contributed by atoms with Crippen molar-refractivity contribution in [2.45, 2.75) is 32.1 Å². The third kappa shape index (κ3) is 5.64. The van der Waals surface area contributed by atoms with E-state index < -0.39 is 5.41 Å². The molecule has 0 spiro atoms. The van der Waals surface area contributed by atoms with Crippen molar-refractivity contribution < 1.29 is 19.1 Å². The lowest BCUT2D eigenvalue weighted by Gasteiger charge is -2.24. The Bertz CT molecular complexity index is 1330. The Morgan fingerprint density at radius 2 is 1.51 bits per heavy atom. The van der Waals surface area contributed by atoms with E-state index in [4.69, 9.17) is 4.74 Å². The van der Waals surface area contributed by atoms with Crippen molar-refractivity contribution in [2.75, 3.05) is 17.2 Å². The van der Waals surface area contributed by atoms with Crippen LogP contribution in [0.1, 0.15) is 29.5 Å². The molecule has 5 rings (SSSR count). The zero-order valence-electron chi connectivity index (χ0n) is 20.7. The number of cyclic esters (lactones) is 1.